The summed E-state index contributed by atoms with van der Waals surface area (Å²) in [6, 6.07) is 2.47. The number of nitriles is 1. The Morgan fingerprint density at radius 1 is 1.09 bits per heavy atom. The highest BCUT2D eigenvalue weighted by atomic mass is 19.4. The highest BCUT2D eigenvalue weighted by Crippen LogP contribution is 2.39. The first-order valence-corrected chi connectivity index (χ1v) is 5.71. The second-order valence-electron chi connectivity index (χ2n) is 4.08. The molecule has 0 aliphatic heterocycles. The number of halogens is 5. The van der Waals surface area contributed by atoms with E-state index in [0.717, 1.165) is 0 Å². The van der Waals surface area contributed by atoms with Crippen LogP contribution in [-0.4, -0.2) is 16.3 Å². The zero-order valence-electron chi connectivity index (χ0n) is 10.9. The van der Waals surface area contributed by atoms with Crippen LogP contribution in [0.1, 0.15) is 5.56 Å². The molecule has 0 spiro atoms. The fourth-order valence-corrected chi connectivity index (χ4v) is 1.76. The minimum atomic E-state index is -5.31. The molecule has 1 aromatic heterocycles. The lowest BCUT2D eigenvalue weighted by molar-refractivity contribution is -0.275. The van der Waals surface area contributed by atoms with Gasteiger partial charge >= 0.3 is 6.36 Å². The van der Waals surface area contributed by atoms with Gasteiger partial charge in [-0.3, -0.25) is 0 Å². The number of ether oxygens (including phenoxy) is 1. The number of nitrogens with zero attached hydrogens (tertiary/aromatic N) is 3. The zero-order chi connectivity index (χ0) is 17.4. The molecule has 0 radical (unpaired) electrons. The Labute approximate surface area is 125 Å². The second-order valence-corrected chi connectivity index (χ2v) is 4.08. The van der Waals surface area contributed by atoms with E-state index in [9.17, 15) is 22.0 Å². The van der Waals surface area contributed by atoms with Crippen molar-refractivity contribution in [2.75, 3.05) is 11.5 Å². The van der Waals surface area contributed by atoms with Gasteiger partial charge in [-0.15, -0.1) is 13.2 Å². The van der Waals surface area contributed by atoms with Crippen LogP contribution >= 0.6 is 0 Å². The number of hydrogen-bond acceptors (Lipinski definition) is 6. The van der Waals surface area contributed by atoms with Crippen molar-refractivity contribution in [1.29, 1.82) is 5.26 Å². The Bertz CT molecular complexity index is 815. The summed E-state index contributed by atoms with van der Waals surface area (Å²) < 4.78 is 68.5. The van der Waals surface area contributed by atoms with E-state index in [1.54, 1.807) is 0 Å². The first-order chi connectivity index (χ1) is 10.6. The maximum Gasteiger partial charge on any atom is 0.573 e. The Morgan fingerprint density at radius 3 is 2.26 bits per heavy atom. The zero-order valence-corrected chi connectivity index (χ0v) is 10.9. The van der Waals surface area contributed by atoms with Crippen LogP contribution in [0.4, 0.5) is 33.7 Å². The summed E-state index contributed by atoms with van der Waals surface area (Å²) in [7, 11) is 0. The van der Waals surface area contributed by atoms with Crippen molar-refractivity contribution >= 4 is 11.8 Å². The first kappa shape index (κ1) is 16.2. The molecule has 0 atom stereocenters. The quantitative estimate of drug-likeness (QED) is 0.817. The molecule has 6 nitrogen and oxygen atoms in total. The smallest absolute Gasteiger partial charge is 0.402 e. The van der Waals surface area contributed by atoms with Crippen LogP contribution in [-0.2, 0) is 0 Å². The lowest BCUT2D eigenvalue weighted by Gasteiger charge is -2.15. The Balaban J connectivity index is 2.84. The highest BCUT2D eigenvalue weighted by molar-refractivity contribution is 5.77. The van der Waals surface area contributed by atoms with Crippen LogP contribution in [0.3, 0.4) is 0 Å². The van der Waals surface area contributed by atoms with Crippen molar-refractivity contribution in [3.05, 3.63) is 29.3 Å². The van der Waals surface area contributed by atoms with Gasteiger partial charge < -0.3 is 16.2 Å². The van der Waals surface area contributed by atoms with Crippen molar-refractivity contribution in [3.8, 4) is 23.1 Å². The maximum absolute atomic E-state index is 14.0. The first-order valence-electron chi connectivity index (χ1n) is 5.71. The predicted molar refractivity (Wildman–Crippen MR) is 67.6 cm³/mol. The monoisotopic (exact) mass is 331 g/mol. The molecule has 120 valence electrons. The Morgan fingerprint density at radius 2 is 1.70 bits per heavy atom. The van der Waals surface area contributed by atoms with Crippen molar-refractivity contribution in [2.24, 2.45) is 0 Å². The third-order valence-corrected chi connectivity index (χ3v) is 2.58. The molecule has 0 fully saturated rings. The standard InChI is InChI=1S/C12H6F5N5O/c13-5-1-2-6(14)9(23-12(15,16)17)7(5)8-4(3-18)10(19)22-11(20)21-8/h1-2H,(H4,19,20,21,22). The molecular weight excluding hydrogens is 325 g/mol. The Kier molecular flexibility index (Phi) is 3.92. The highest BCUT2D eigenvalue weighted by Gasteiger charge is 2.35. The van der Waals surface area contributed by atoms with Gasteiger partial charge in [-0.25, -0.2) is 13.8 Å². The summed E-state index contributed by atoms with van der Waals surface area (Å²) in [6.45, 7) is 0. The fraction of sp³-hybridized carbons (Fsp3) is 0.0833. The average Bonchev–Trinajstić information content (AvgIpc) is 2.41. The molecule has 0 aliphatic carbocycles. The normalized spacial score (nSPS) is 11.1. The summed E-state index contributed by atoms with van der Waals surface area (Å²) in [5.74, 6) is -5.38. The largest absolute Gasteiger partial charge is 0.573 e. The molecular formula is C12H6F5N5O. The number of benzene rings is 1. The Hall–Kier alpha value is -3.16. The number of aromatic nitrogens is 2. The summed E-state index contributed by atoms with van der Waals surface area (Å²) in [6.07, 6.45) is -5.31. The van der Waals surface area contributed by atoms with Crippen LogP contribution in [0.5, 0.6) is 5.75 Å². The van der Waals surface area contributed by atoms with Crippen LogP contribution < -0.4 is 16.2 Å². The number of hydrogen-bond donors (Lipinski definition) is 2. The van der Waals surface area contributed by atoms with Crippen LogP contribution in [0, 0.1) is 23.0 Å². The van der Waals surface area contributed by atoms with Crippen molar-refractivity contribution in [1.82, 2.24) is 9.97 Å². The van der Waals surface area contributed by atoms with Gasteiger partial charge in [0.05, 0.1) is 5.56 Å². The van der Waals surface area contributed by atoms with E-state index in [1.165, 1.54) is 6.07 Å². The number of nitrogens with two attached hydrogens (primary N) is 2. The molecule has 0 saturated carbocycles. The molecule has 0 saturated heterocycles. The van der Waals surface area contributed by atoms with Crippen LogP contribution in [0.2, 0.25) is 0 Å². The molecule has 1 heterocycles. The molecule has 11 heteroatoms. The molecule has 2 rings (SSSR count). The van der Waals surface area contributed by atoms with Gasteiger partial charge in [-0.1, -0.05) is 0 Å². The summed E-state index contributed by atoms with van der Waals surface area (Å²) in [5, 5.41) is 9.01. The van der Waals surface area contributed by atoms with Crippen molar-refractivity contribution < 1.29 is 26.7 Å². The summed E-state index contributed by atoms with van der Waals surface area (Å²) >= 11 is 0. The van der Waals surface area contributed by atoms with Crippen molar-refractivity contribution in [3.63, 3.8) is 0 Å². The molecule has 23 heavy (non-hydrogen) atoms. The molecule has 0 amide bonds. The summed E-state index contributed by atoms with van der Waals surface area (Å²) in [5.41, 5.74) is 8.37. The second kappa shape index (κ2) is 5.56. The average molecular weight is 331 g/mol. The predicted octanol–water partition coefficient (Wildman–Crippen LogP) is 2.36. The number of nitrogen functional groups attached to an aromatic ring is 2. The van der Waals surface area contributed by atoms with E-state index in [-0.39, 0.29) is 0 Å². The van der Waals surface area contributed by atoms with E-state index in [0.29, 0.717) is 12.1 Å². The van der Waals surface area contributed by atoms with Crippen molar-refractivity contribution in [2.45, 2.75) is 6.36 Å². The molecule has 2 aromatic rings. The number of alkyl halides is 3. The van der Waals surface area contributed by atoms with E-state index >= 15 is 0 Å². The topological polar surface area (TPSA) is 111 Å². The van der Waals surface area contributed by atoms with E-state index in [2.05, 4.69) is 14.7 Å². The van der Waals surface area contributed by atoms with Gasteiger partial charge in [0.25, 0.3) is 0 Å². The summed E-state index contributed by atoms with van der Waals surface area (Å²) in [4.78, 5) is 6.91. The van der Waals surface area contributed by atoms with Gasteiger partial charge in [0.15, 0.2) is 11.6 Å². The molecule has 0 unspecified atom stereocenters. The van der Waals surface area contributed by atoms with Crippen LogP contribution in [0.25, 0.3) is 11.3 Å². The number of rotatable bonds is 2. The molecule has 0 aliphatic rings. The minimum absolute atomic E-state index is 0.430. The number of anilines is 2. The maximum atomic E-state index is 14.0. The fourth-order valence-electron chi connectivity index (χ4n) is 1.76. The molecule has 1 aromatic carbocycles. The van der Waals surface area contributed by atoms with E-state index < -0.39 is 52.3 Å². The molecule has 4 N–H and O–H groups in total. The van der Waals surface area contributed by atoms with E-state index in [4.69, 9.17) is 16.7 Å². The minimum Gasteiger partial charge on any atom is -0.402 e. The van der Waals surface area contributed by atoms with Gasteiger partial charge in [0.1, 0.15) is 29.0 Å². The third kappa shape index (κ3) is 3.20. The van der Waals surface area contributed by atoms with Crippen LogP contribution in [0.15, 0.2) is 12.1 Å². The van der Waals surface area contributed by atoms with Gasteiger partial charge in [-0.05, 0) is 12.1 Å². The SMILES string of the molecule is N#Cc1c(N)nc(N)nc1-c1c(F)ccc(F)c1OC(F)(F)F. The van der Waals surface area contributed by atoms with Gasteiger partial charge in [-0.2, -0.15) is 10.2 Å². The lowest BCUT2D eigenvalue weighted by atomic mass is 10.0. The lowest BCUT2D eigenvalue weighted by Crippen LogP contribution is -2.19. The van der Waals surface area contributed by atoms with Gasteiger partial charge in [0.2, 0.25) is 5.95 Å². The van der Waals surface area contributed by atoms with E-state index in [1.807, 2.05) is 0 Å². The van der Waals surface area contributed by atoms with Gasteiger partial charge in [0, 0.05) is 0 Å². The third-order valence-electron chi connectivity index (χ3n) is 2.58. The molecule has 0 bridgehead atoms.